The minimum Gasteiger partial charge on any atom is -0.298 e. The summed E-state index contributed by atoms with van der Waals surface area (Å²) in [6, 6.07) is 5.26. The van der Waals surface area contributed by atoms with Crippen LogP contribution in [0.15, 0.2) is 30.0 Å². The van der Waals surface area contributed by atoms with Gasteiger partial charge in [-0.2, -0.15) is 0 Å². The Balaban J connectivity index is 2.92. The fourth-order valence-electron chi connectivity index (χ4n) is 1.39. The van der Waals surface area contributed by atoms with Crippen LogP contribution < -0.4 is 0 Å². The largest absolute Gasteiger partial charge is 0.298 e. The molecule has 96 valence electrons. The Morgan fingerprint density at radius 1 is 1.50 bits per heavy atom. The highest BCUT2D eigenvalue weighted by Gasteiger charge is 2.17. The fourth-order valence-corrected chi connectivity index (χ4v) is 1.39. The number of hydroxylamine groups is 2. The zero-order valence-corrected chi connectivity index (χ0v) is 10.5. The Bertz CT molecular complexity index is 429. The van der Waals surface area contributed by atoms with Crippen molar-refractivity contribution in [3.05, 3.63) is 35.7 Å². The van der Waals surface area contributed by atoms with Gasteiger partial charge in [-0.15, -0.1) is 0 Å². The predicted molar refractivity (Wildman–Crippen MR) is 67.3 cm³/mol. The molecule has 0 bridgehead atoms. The van der Waals surface area contributed by atoms with Gasteiger partial charge in [0.1, 0.15) is 0 Å². The van der Waals surface area contributed by atoms with Crippen LogP contribution in [0.25, 0.3) is 6.08 Å². The van der Waals surface area contributed by atoms with Crippen molar-refractivity contribution in [2.75, 3.05) is 13.7 Å². The molecule has 0 aliphatic rings. The second-order valence-electron chi connectivity index (χ2n) is 3.56. The molecule has 0 N–H and O–H groups in total. The van der Waals surface area contributed by atoms with Crippen LogP contribution >= 0.6 is 0 Å². The van der Waals surface area contributed by atoms with E-state index in [-0.39, 0.29) is 5.57 Å². The number of nitrogens with zero attached hydrogens (tertiary/aromatic N) is 2. The number of aldehydes is 1. The standard InChI is InChI=1S/C13H16N2O3/c1-3-8-15(18-2)13(17)11(10-16)9-12-6-4-5-7-14-12/h4-7,9-10H,3,8H2,1-2H3/b11-9+. The molecule has 1 aromatic heterocycles. The molecule has 5 nitrogen and oxygen atoms in total. The zero-order chi connectivity index (χ0) is 13.4. The summed E-state index contributed by atoms with van der Waals surface area (Å²) >= 11 is 0. The summed E-state index contributed by atoms with van der Waals surface area (Å²) in [7, 11) is 1.40. The summed E-state index contributed by atoms with van der Waals surface area (Å²) in [5, 5.41) is 1.16. The van der Waals surface area contributed by atoms with E-state index < -0.39 is 5.91 Å². The minimum absolute atomic E-state index is 0.0176. The molecule has 0 unspecified atom stereocenters. The topological polar surface area (TPSA) is 59.5 Å². The van der Waals surface area contributed by atoms with E-state index in [2.05, 4.69) is 4.98 Å². The number of aromatic nitrogens is 1. The molecule has 0 aromatic carbocycles. The number of carbonyl (C=O) groups is 2. The lowest BCUT2D eigenvalue weighted by Crippen LogP contribution is -2.32. The number of hydrogen-bond acceptors (Lipinski definition) is 4. The van der Waals surface area contributed by atoms with Crippen molar-refractivity contribution in [2.45, 2.75) is 13.3 Å². The molecule has 1 aromatic rings. The normalized spacial score (nSPS) is 11.1. The van der Waals surface area contributed by atoms with Gasteiger partial charge in [-0.3, -0.25) is 19.4 Å². The lowest BCUT2D eigenvalue weighted by Gasteiger charge is -2.18. The van der Waals surface area contributed by atoms with Crippen LogP contribution in [0.5, 0.6) is 0 Å². The van der Waals surface area contributed by atoms with E-state index in [0.29, 0.717) is 18.5 Å². The minimum atomic E-state index is -0.458. The van der Waals surface area contributed by atoms with E-state index >= 15 is 0 Å². The maximum atomic E-state index is 12.0. The Kier molecular flexibility index (Phi) is 5.73. The number of carbonyl (C=O) groups excluding carboxylic acids is 2. The third-order valence-electron chi connectivity index (χ3n) is 2.24. The van der Waals surface area contributed by atoms with E-state index in [0.717, 1.165) is 11.5 Å². The number of rotatable bonds is 6. The highest BCUT2D eigenvalue weighted by atomic mass is 16.7. The molecule has 1 rings (SSSR count). The molecule has 0 fully saturated rings. The van der Waals surface area contributed by atoms with Crippen LogP contribution in [0.1, 0.15) is 19.0 Å². The van der Waals surface area contributed by atoms with Crippen LogP contribution in [0.3, 0.4) is 0 Å². The van der Waals surface area contributed by atoms with E-state index in [1.807, 2.05) is 6.92 Å². The first kappa shape index (κ1) is 14.1. The first-order chi connectivity index (χ1) is 8.72. The molecule has 0 radical (unpaired) electrons. The maximum absolute atomic E-state index is 12.0. The summed E-state index contributed by atoms with van der Waals surface area (Å²) in [5.41, 5.74) is 0.574. The van der Waals surface area contributed by atoms with Crippen molar-refractivity contribution in [3.8, 4) is 0 Å². The first-order valence-electron chi connectivity index (χ1n) is 5.66. The second kappa shape index (κ2) is 7.34. The van der Waals surface area contributed by atoms with E-state index in [1.54, 1.807) is 24.4 Å². The highest BCUT2D eigenvalue weighted by molar-refractivity contribution is 6.13. The van der Waals surface area contributed by atoms with Gasteiger partial charge in [-0.25, -0.2) is 5.06 Å². The van der Waals surface area contributed by atoms with Crippen LogP contribution in [0, 0.1) is 0 Å². The molecule has 5 heteroatoms. The molecule has 0 saturated heterocycles. The van der Waals surface area contributed by atoms with Gasteiger partial charge < -0.3 is 0 Å². The third kappa shape index (κ3) is 3.78. The van der Waals surface area contributed by atoms with Gasteiger partial charge in [0, 0.05) is 12.7 Å². The Morgan fingerprint density at radius 2 is 2.28 bits per heavy atom. The average molecular weight is 248 g/mol. The molecule has 0 aliphatic carbocycles. The Labute approximate surface area is 106 Å². The molecular formula is C13H16N2O3. The van der Waals surface area contributed by atoms with Crippen LogP contribution in [-0.4, -0.2) is 35.9 Å². The molecule has 1 heterocycles. The van der Waals surface area contributed by atoms with E-state index in [9.17, 15) is 9.59 Å². The second-order valence-corrected chi connectivity index (χ2v) is 3.56. The van der Waals surface area contributed by atoms with Crippen molar-refractivity contribution in [1.82, 2.24) is 10.0 Å². The summed E-state index contributed by atoms with van der Waals surface area (Å²) in [5.74, 6) is -0.458. The molecule has 1 amide bonds. The van der Waals surface area contributed by atoms with Gasteiger partial charge in [0.05, 0.1) is 18.4 Å². The van der Waals surface area contributed by atoms with Gasteiger partial charge in [-0.05, 0) is 24.6 Å². The lowest BCUT2D eigenvalue weighted by atomic mass is 10.2. The molecule has 0 atom stereocenters. The van der Waals surface area contributed by atoms with Gasteiger partial charge in [0.2, 0.25) is 0 Å². The quantitative estimate of drug-likeness (QED) is 0.251. The molecule has 0 spiro atoms. The van der Waals surface area contributed by atoms with Crippen LogP contribution in [0.2, 0.25) is 0 Å². The summed E-state index contributed by atoms with van der Waals surface area (Å²) in [4.78, 5) is 31.9. The van der Waals surface area contributed by atoms with E-state index in [1.165, 1.54) is 13.2 Å². The van der Waals surface area contributed by atoms with Crippen molar-refractivity contribution < 1.29 is 14.4 Å². The van der Waals surface area contributed by atoms with Gasteiger partial charge in [0.15, 0.2) is 6.29 Å². The average Bonchev–Trinajstić information content (AvgIpc) is 2.42. The number of hydrogen-bond donors (Lipinski definition) is 0. The molecular weight excluding hydrogens is 232 g/mol. The first-order valence-corrected chi connectivity index (χ1v) is 5.66. The number of pyridine rings is 1. The van der Waals surface area contributed by atoms with Crippen molar-refractivity contribution in [1.29, 1.82) is 0 Å². The third-order valence-corrected chi connectivity index (χ3v) is 2.24. The SMILES string of the molecule is CCCN(OC)C(=O)/C(C=O)=C/c1ccccn1. The molecule has 0 aliphatic heterocycles. The van der Waals surface area contributed by atoms with Crippen molar-refractivity contribution in [2.24, 2.45) is 0 Å². The Morgan fingerprint density at radius 3 is 2.78 bits per heavy atom. The smallest absolute Gasteiger partial charge is 0.280 e. The zero-order valence-electron chi connectivity index (χ0n) is 10.5. The van der Waals surface area contributed by atoms with Crippen molar-refractivity contribution in [3.63, 3.8) is 0 Å². The van der Waals surface area contributed by atoms with Crippen LogP contribution in [0.4, 0.5) is 0 Å². The Hall–Kier alpha value is -2.01. The number of amides is 1. The monoisotopic (exact) mass is 248 g/mol. The van der Waals surface area contributed by atoms with Crippen molar-refractivity contribution >= 4 is 18.3 Å². The summed E-state index contributed by atoms with van der Waals surface area (Å²) < 4.78 is 0. The van der Waals surface area contributed by atoms with Gasteiger partial charge in [0.25, 0.3) is 5.91 Å². The summed E-state index contributed by atoms with van der Waals surface area (Å²) in [6.07, 6.45) is 4.30. The highest BCUT2D eigenvalue weighted by Crippen LogP contribution is 2.06. The maximum Gasteiger partial charge on any atom is 0.280 e. The van der Waals surface area contributed by atoms with Crippen LogP contribution in [-0.2, 0) is 14.4 Å². The fraction of sp³-hybridized carbons (Fsp3) is 0.308. The lowest BCUT2D eigenvalue weighted by molar-refractivity contribution is -0.171. The summed E-state index contributed by atoms with van der Waals surface area (Å²) in [6.45, 7) is 2.35. The van der Waals surface area contributed by atoms with E-state index in [4.69, 9.17) is 4.84 Å². The molecule has 0 saturated carbocycles. The molecule has 18 heavy (non-hydrogen) atoms. The van der Waals surface area contributed by atoms with Gasteiger partial charge >= 0.3 is 0 Å². The van der Waals surface area contributed by atoms with Gasteiger partial charge in [-0.1, -0.05) is 13.0 Å². The predicted octanol–water partition coefficient (Wildman–Crippen LogP) is 1.46.